The Bertz CT molecular complexity index is 786. The van der Waals surface area contributed by atoms with Gasteiger partial charge in [-0.05, 0) is 61.6 Å². The number of carbonyl (C=O) groups is 2. The highest BCUT2D eigenvalue weighted by molar-refractivity contribution is 5.97. The molecule has 26 heavy (non-hydrogen) atoms. The lowest BCUT2D eigenvalue weighted by atomic mass is 9.70. The normalized spacial score (nSPS) is 11.6. The van der Waals surface area contributed by atoms with Crippen molar-refractivity contribution in [2.24, 2.45) is 5.92 Å². The lowest BCUT2D eigenvalue weighted by molar-refractivity contribution is 0.100. The number of rotatable bonds is 6. The van der Waals surface area contributed by atoms with Crippen molar-refractivity contribution in [2.45, 2.75) is 46.5 Å². The number of carbonyl (C=O) groups excluding carboxylic acids is 2. The predicted octanol–water partition coefficient (Wildman–Crippen LogP) is 4.86. The molecule has 0 heterocycles. The number of phenols is 2. The van der Waals surface area contributed by atoms with Crippen LogP contribution in [-0.2, 0) is 5.41 Å². The Morgan fingerprint density at radius 2 is 1.27 bits per heavy atom. The van der Waals surface area contributed by atoms with Crippen LogP contribution in [-0.4, -0.2) is 21.8 Å². The van der Waals surface area contributed by atoms with Crippen LogP contribution in [0.15, 0.2) is 36.4 Å². The van der Waals surface area contributed by atoms with Crippen molar-refractivity contribution in [1.29, 1.82) is 0 Å². The van der Waals surface area contributed by atoms with Crippen LogP contribution in [0.1, 0.15) is 72.9 Å². The molecule has 0 spiro atoms. The first-order chi connectivity index (χ1) is 12.1. The molecule has 138 valence electrons. The Kier molecular flexibility index (Phi) is 5.55. The maximum atomic E-state index is 11.9. The molecule has 2 aromatic rings. The molecule has 0 bridgehead atoms. The maximum absolute atomic E-state index is 11.9. The van der Waals surface area contributed by atoms with Crippen molar-refractivity contribution < 1.29 is 19.8 Å². The summed E-state index contributed by atoms with van der Waals surface area (Å²) in [6, 6.07) is 10.1. The third-order valence-corrected chi connectivity index (χ3v) is 4.84. The number of benzene rings is 2. The van der Waals surface area contributed by atoms with Gasteiger partial charge in [-0.1, -0.05) is 32.9 Å². The van der Waals surface area contributed by atoms with Crippen LogP contribution in [0.4, 0.5) is 0 Å². The molecule has 0 amide bonds. The smallest absolute Gasteiger partial charge is 0.163 e. The Balaban J connectivity index is 2.70. The number of phenolic OH excluding ortho intramolecular Hbond substituents is 2. The van der Waals surface area contributed by atoms with E-state index in [9.17, 15) is 19.8 Å². The molecule has 0 aliphatic heterocycles. The van der Waals surface area contributed by atoms with Gasteiger partial charge < -0.3 is 10.2 Å². The Hall–Kier alpha value is -2.62. The van der Waals surface area contributed by atoms with Crippen LogP contribution in [0, 0.1) is 5.92 Å². The average Bonchev–Trinajstić information content (AvgIpc) is 2.54. The molecule has 0 fully saturated rings. The van der Waals surface area contributed by atoms with Crippen molar-refractivity contribution in [3.05, 3.63) is 58.7 Å². The fourth-order valence-electron chi connectivity index (χ4n) is 3.54. The van der Waals surface area contributed by atoms with Crippen molar-refractivity contribution in [1.82, 2.24) is 0 Å². The highest BCUT2D eigenvalue weighted by atomic mass is 16.3. The fourth-order valence-corrected chi connectivity index (χ4v) is 3.54. The van der Waals surface area contributed by atoms with E-state index in [2.05, 4.69) is 20.8 Å². The summed E-state index contributed by atoms with van der Waals surface area (Å²) in [7, 11) is 0. The standard InChI is InChI=1S/C22H26O4/c1-13(2)12-22(5,16-6-8-20(25)18(10-16)14(3)23)17-7-9-21(26)19(11-17)15(4)24/h6-11,13,25-26H,12H2,1-5H3. The summed E-state index contributed by atoms with van der Waals surface area (Å²) in [4.78, 5) is 23.7. The third-order valence-electron chi connectivity index (χ3n) is 4.84. The molecule has 0 saturated carbocycles. The monoisotopic (exact) mass is 354 g/mol. The van der Waals surface area contributed by atoms with Gasteiger partial charge in [0.25, 0.3) is 0 Å². The molecule has 0 aliphatic rings. The molecular formula is C22H26O4. The molecule has 0 aliphatic carbocycles. The molecule has 0 unspecified atom stereocenters. The van der Waals surface area contributed by atoms with E-state index in [1.807, 2.05) is 12.1 Å². The molecule has 0 radical (unpaired) electrons. The fraction of sp³-hybridized carbons (Fsp3) is 0.364. The number of hydrogen-bond donors (Lipinski definition) is 2. The van der Waals surface area contributed by atoms with Gasteiger partial charge in [0.15, 0.2) is 11.6 Å². The Morgan fingerprint density at radius 3 is 1.58 bits per heavy atom. The summed E-state index contributed by atoms with van der Waals surface area (Å²) in [5, 5.41) is 20.0. The predicted molar refractivity (Wildman–Crippen MR) is 102 cm³/mol. The van der Waals surface area contributed by atoms with Crippen LogP contribution in [0.3, 0.4) is 0 Å². The van der Waals surface area contributed by atoms with E-state index < -0.39 is 5.41 Å². The maximum Gasteiger partial charge on any atom is 0.163 e. The van der Waals surface area contributed by atoms with Gasteiger partial charge in [0, 0.05) is 5.41 Å². The molecule has 2 N–H and O–H groups in total. The van der Waals surface area contributed by atoms with Crippen LogP contribution < -0.4 is 0 Å². The van der Waals surface area contributed by atoms with Crippen LogP contribution in [0.5, 0.6) is 11.5 Å². The van der Waals surface area contributed by atoms with E-state index in [4.69, 9.17) is 0 Å². The third kappa shape index (κ3) is 3.79. The molecule has 2 rings (SSSR count). The topological polar surface area (TPSA) is 74.6 Å². The molecule has 4 heteroatoms. The van der Waals surface area contributed by atoms with E-state index >= 15 is 0 Å². The SMILES string of the molecule is CC(=O)c1cc(C(C)(CC(C)C)c2ccc(O)c(C(C)=O)c2)ccc1O. The second-order valence-corrected chi connectivity index (χ2v) is 7.51. The zero-order chi connectivity index (χ0) is 19.6. The molecule has 0 aromatic heterocycles. The van der Waals surface area contributed by atoms with Gasteiger partial charge in [-0.3, -0.25) is 9.59 Å². The lowest BCUT2D eigenvalue weighted by Crippen LogP contribution is -2.26. The van der Waals surface area contributed by atoms with Gasteiger partial charge in [0.1, 0.15) is 11.5 Å². The first kappa shape index (κ1) is 19.7. The lowest BCUT2D eigenvalue weighted by Gasteiger charge is -2.33. The Morgan fingerprint density at radius 1 is 0.885 bits per heavy atom. The van der Waals surface area contributed by atoms with Crippen molar-refractivity contribution in [3.63, 3.8) is 0 Å². The highest BCUT2D eigenvalue weighted by Gasteiger charge is 2.32. The summed E-state index contributed by atoms with van der Waals surface area (Å²) >= 11 is 0. The minimum atomic E-state index is -0.482. The van der Waals surface area contributed by atoms with Crippen LogP contribution in [0.25, 0.3) is 0 Å². The van der Waals surface area contributed by atoms with Crippen molar-refractivity contribution in [2.75, 3.05) is 0 Å². The van der Waals surface area contributed by atoms with E-state index in [1.54, 1.807) is 12.1 Å². The minimum absolute atomic E-state index is 0.0386. The Labute approximate surface area is 154 Å². The van der Waals surface area contributed by atoms with Gasteiger partial charge in [0.2, 0.25) is 0 Å². The average molecular weight is 354 g/mol. The van der Waals surface area contributed by atoms with E-state index in [0.717, 1.165) is 17.5 Å². The summed E-state index contributed by atoms with van der Waals surface area (Å²) in [6.45, 7) is 9.12. The minimum Gasteiger partial charge on any atom is -0.507 e. The summed E-state index contributed by atoms with van der Waals surface area (Å²) in [6.07, 6.45) is 0.775. The van der Waals surface area contributed by atoms with Crippen molar-refractivity contribution in [3.8, 4) is 11.5 Å². The second-order valence-electron chi connectivity index (χ2n) is 7.51. The van der Waals surface area contributed by atoms with Crippen LogP contribution in [0.2, 0.25) is 0 Å². The highest BCUT2D eigenvalue weighted by Crippen LogP contribution is 2.40. The quantitative estimate of drug-likeness (QED) is 0.727. The summed E-state index contributed by atoms with van der Waals surface area (Å²) in [5.74, 6) is -0.131. The molecule has 0 saturated heterocycles. The first-order valence-corrected chi connectivity index (χ1v) is 8.75. The van der Waals surface area contributed by atoms with E-state index in [-0.39, 0.29) is 34.2 Å². The van der Waals surface area contributed by atoms with Gasteiger partial charge in [-0.2, -0.15) is 0 Å². The largest absolute Gasteiger partial charge is 0.507 e. The van der Waals surface area contributed by atoms with Gasteiger partial charge in [-0.15, -0.1) is 0 Å². The number of aromatic hydroxyl groups is 2. The number of hydrogen-bond acceptors (Lipinski definition) is 4. The van der Waals surface area contributed by atoms with Gasteiger partial charge in [-0.25, -0.2) is 0 Å². The molecule has 0 atom stereocenters. The first-order valence-electron chi connectivity index (χ1n) is 8.75. The van der Waals surface area contributed by atoms with Crippen molar-refractivity contribution >= 4 is 11.6 Å². The van der Waals surface area contributed by atoms with E-state index in [1.165, 1.54) is 26.0 Å². The zero-order valence-corrected chi connectivity index (χ0v) is 16.0. The molecular weight excluding hydrogens is 328 g/mol. The van der Waals surface area contributed by atoms with Gasteiger partial charge in [0.05, 0.1) is 11.1 Å². The summed E-state index contributed by atoms with van der Waals surface area (Å²) in [5.41, 5.74) is 1.85. The number of ketones is 2. The summed E-state index contributed by atoms with van der Waals surface area (Å²) < 4.78 is 0. The molecule has 2 aromatic carbocycles. The zero-order valence-electron chi connectivity index (χ0n) is 16.0. The number of Topliss-reactive ketones (excluding diaryl/α,β-unsaturated/α-hetero) is 2. The van der Waals surface area contributed by atoms with Crippen LogP contribution >= 0.6 is 0 Å². The van der Waals surface area contributed by atoms with Gasteiger partial charge >= 0.3 is 0 Å². The second kappa shape index (κ2) is 7.32. The molecule has 4 nitrogen and oxygen atoms in total. The van der Waals surface area contributed by atoms with E-state index in [0.29, 0.717) is 5.92 Å².